The average Bonchev–Trinajstić information content (AvgIpc) is 2.90. The minimum absolute atomic E-state index is 0.0526. The standard InChI is InChI=1S/C16H19BrN2O3/c17-12-1-2-13-11(9-18-14(13)8-12)7-15(21)19-16(10-20)3-5-22-6-4-16/h1-2,8-9,18,20H,3-7,10H2,(H,19,21). The molecule has 6 heteroatoms. The number of hydrogen-bond donors (Lipinski definition) is 3. The molecule has 0 aliphatic carbocycles. The number of amides is 1. The second kappa shape index (κ2) is 6.40. The summed E-state index contributed by atoms with van der Waals surface area (Å²) in [5.74, 6) is -0.0697. The van der Waals surface area contributed by atoms with Crippen molar-refractivity contribution >= 4 is 32.7 Å². The number of rotatable bonds is 4. The average molecular weight is 367 g/mol. The summed E-state index contributed by atoms with van der Waals surface area (Å²) in [6.07, 6.45) is 3.46. The van der Waals surface area contributed by atoms with Crippen LogP contribution in [-0.2, 0) is 16.0 Å². The predicted molar refractivity (Wildman–Crippen MR) is 87.7 cm³/mol. The molecule has 0 unspecified atom stereocenters. The molecule has 1 fully saturated rings. The van der Waals surface area contributed by atoms with E-state index in [4.69, 9.17) is 4.74 Å². The van der Waals surface area contributed by atoms with Gasteiger partial charge in [0.15, 0.2) is 0 Å². The van der Waals surface area contributed by atoms with Gasteiger partial charge in [0.2, 0.25) is 5.91 Å². The SMILES string of the molecule is O=C(Cc1c[nH]c2cc(Br)ccc12)NC1(CO)CCOCC1. The monoisotopic (exact) mass is 366 g/mol. The second-order valence-electron chi connectivity index (χ2n) is 5.78. The fourth-order valence-electron chi connectivity index (χ4n) is 2.90. The van der Waals surface area contributed by atoms with Crippen LogP contribution < -0.4 is 5.32 Å². The van der Waals surface area contributed by atoms with Gasteiger partial charge in [0.1, 0.15) is 0 Å². The van der Waals surface area contributed by atoms with Gasteiger partial charge in [0.25, 0.3) is 0 Å². The van der Waals surface area contributed by atoms with Crippen molar-refractivity contribution in [2.45, 2.75) is 24.8 Å². The summed E-state index contributed by atoms with van der Waals surface area (Å²) in [5.41, 5.74) is 1.42. The minimum Gasteiger partial charge on any atom is -0.394 e. The van der Waals surface area contributed by atoms with Crippen LogP contribution in [0.25, 0.3) is 10.9 Å². The van der Waals surface area contributed by atoms with E-state index in [0.29, 0.717) is 32.5 Å². The molecule has 2 aromatic rings. The van der Waals surface area contributed by atoms with Crippen molar-refractivity contribution in [3.8, 4) is 0 Å². The molecular formula is C16H19BrN2O3. The fraction of sp³-hybridized carbons (Fsp3) is 0.438. The van der Waals surface area contributed by atoms with Crippen molar-refractivity contribution < 1.29 is 14.6 Å². The molecule has 118 valence electrons. The van der Waals surface area contributed by atoms with E-state index in [1.165, 1.54) is 0 Å². The number of carbonyl (C=O) groups is 1. The molecule has 1 aromatic carbocycles. The lowest BCUT2D eigenvalue weighted by molar-refractivity contribution is -0.124. The highest BCUT2D eigenvalue weighted by atomic mass is 79.9. The lowest BCUT2D eigenvalue weighted by Gasteiger charge is -2.36. The van der Waals surface area contributed by atoms with Crippen LogP contribution in [0.5, 0.6) is 0 Å². The van der Waals surface area contributed by atoms with Crippen LogP contribution in [0.4, 0.5) is 0 Å². The Bertz CT molecular complexity index is 677. The van der Waals surface area contributed by atoms with Crippen LogP contribution in [0.1, 0.15) is 18.4 Å². The molecule has 3 N–H and O–H groups in total. The van der Waals surface area contributed by atoms with Crippen LogP contribution in [0.15, 0.2) is 28.9 Å². The Hall–Kier alpha value is -1.37. The van der Waals surface area contributed by atoms with E-state index >= 15 is 0 Å². The summed E-state index contributed by atoms with van der Waals surface area (Å²) < 4.78 is 6.31. The number of H-pyrrole nitrogens is 1. The minimum atomic E-state index is -0.537. The van der Waals surface area contributed by atoms with Gasteiger partial charge < -0.3 is 20.1 Å². The maximum atomic E-state index is 12.4. The van der Waals surface area contributed by atoms with E-state index in [1.807, 2.05) is 24.4 Å². The van der Waals surface area contributed by atoms with Crippen molar-refractivity contribution in [2.75, 3.05) is 19.8 Å². The lowest BCUT2D eigenvalue weighted by Crippen LogP contribution is -2.55. The van der Waals surface area contributed by atoms with Crippen LogP contribution in [-0.4, -0.2) is 41.4 Å². The first-order valence-corrected chi connectivity index (χ1v) is 8.16. The molecule has 1 aliphatic heterocycles. The zero-order valence-electron chi connectivity index (χ0n) is 12.2. The van der Waals surface area contributed by atoms with Crippen molar-refractivity contribution in [3.05, 3.63) is 34.4 Å². The predicted octanol–water partition coefficient (Wildman–Crippen LogP) is 2.13. The van der Waals surface area contributed by atoms with E-state index < -0.39 is 5.54 Å². The number of fused-ring (bicyclic) bond motifs is 1. The summed E-state index contributed by atoms with van der Waals surface area (Å²) in [4.78, 5) is 15.5. The van der Waals surface area contributed by atoms with E-state index in [2.05, 4.69) is 26.2 Å². The molecule has 1 aliphatic rings. The van der Waals surface area contributed by atoms with Crippen LogP contribution in [0.2, 0.25) is 0 Å². The van der Waals surface area contributed by atoms with Gasteiger partial charge in [-0.3, -0.25) is 4.79 Å². The number of nitrogens with one attached hydrogen (secondary N) is 2. The van der Waals surface area contributed by atoms with Crippen LogP contribution >= 0.6 is 15.9 Å². The zero-order chi connectivity index (χ0) is 15.6. The first-order valence-electron chi connectivity index (χ1n) is 7.37. The van der Waals surface area contributed by atoms with Gasteiger partial charge in [0, 0.05) is 34.8 Å². The molecule has 0 bridgehead atoms. The van der Waals surface area contributed by atoms with Crippen LogP contribution in [0, 0.1) is 0 Å². The highest BCUT2D eigenvalue weighted by Crippen LogP contribution is 2.24. The molecule has 22 heavy (non-hydrogen) atoms. The summed E-state index contributed by atoms with van der Waals surface area (Å²) in [7, 11) is 0. The van der Waals surface area contributed by atoms with Gasteiger partial charge in [-0.1, -0.05) is 22.0 Å². The third-order valence-electron chi connectivity index (χ3n) is 4.24. The molecule has 1 amide bonds. The van der Waals surface area contributed by atoms with Gasteiger partial charge in [-0.05, 0) is 30.5 Å². The van der Waals surface area contributed by atoms with E-state index in [1.54, 1.807) is 0 Å². The summed E-state index contributed by atoms with van der Waals surface area (Å²) in [6, 6.07) is 5.95. The molecule has 0 spiro atoms. The van der Waals surface area contributed by atoms with Crippen molar-refractivity contribution in [2.24, 2.45) is 0 Å². The number of aromatic nitrogens is 1. The maximum absolute atomic E-state index is 12.4. The lowest BCUT2D eigenvalue weighted by atomic mass is 9.90. The Labute approximate surface area is 137 Å². The fourth-order valence-corrected chi connectivity index (χ4v) is 3.26. The number of aromatic amines is 1. The number of carbonyl (C=O) groups excluding carboxylic acids is 1. The second-order valence-corrected chi connectivity index (χ2v) is 6.70. The first kappa shape index (κ1) is 15.5. The smallest absolute Gasteiger partial charge is 0.225 e. The molecule has 0 radical (unpaired) electrons. The molecule has 0 saturated carbocycles. The normalized spacial score (nSPS) is 17.5. The van der Waals surface area contributed by atoms with Gasteiger partial charge >= 0.3 is 0 Å². The molecule has 1 saturated heterocycles. The number of aliphatic hydroxyl groups is 1. The largest absolute Gasteiger partial charge is 0.394 e. The molecular weight excluding hydrogens is 348 g/mol. The molecule has 1 aromatic heterocycles. The Morgan fingerprint density at radius 3 is 2.91 bits per heavy atom. The van der Waals surface area contributed by atoms with Gasteiger partial charge in [-0.15, -0.1) is 0 Å². The number of hydrogen-bond acceptors (Lipinski definition) is 3. The Morgan fingerprint density at radius 1 is 1.41 bits per heavy atom. The molecule has 2 heterocycles. The molecule has 0 atom stereocenters. The van der Waals surface area contributed by atoms with Gasteiger partial charge in [-0.25, -0.2) is 0 Å². The third-order valence-corrected chi connectivity index (χ3v) is 4.73. The van der Waals surface area contributed by atoms with Crippen molar-refractivity contribution in [1.29, 1.82) is 0 Å². The van der Waals surface area contributed by atoms with Gasteiger partial charge in [-0.2, -0.15) is 0 Å². The summed E-state index contributed by atoms with van der Waals surface area (Å²) >= 11 is 3.44. The maximum Gasteiger partial charge on any atom is 0.225 e. The van der Waals surface area contributed by atoms with Gasteiger partial charge in [0.05, 0.1) is 18.6 Å². The zero-order valence-corrected chi connectivity index (χ0v) is 13.8. The number of ether oxygens (including phenoxy) is 1. The molecule has 3 rings (SSSR count). The molecule has 5 nitrogen and oxygen atoms in total. The summed E-state index contributed by atoms with van der Waals surface area (Å²) in [6.45, 7) is 1.09. The Balaban J connectivity index is 1.72. The van der Waals surface area contributed by atoms with E-state index in [0.717, 1.165) is 20.9 Å². The summed E-state index contributed by atoms with van der Waals surface area (Å²) in [5, 5.41) is 13.7. The Kier molecular flexibility index (Phi) is 4.52. The third kappa shape index (κ3) is 3.19. The van der Waals surface area contributed by atoms with Crippen molar-refractivity contribution in [3.63, 3.8) is 0 Å². The quantitative estimate of drug-likeness (QED) is 0.775. The Morgan fingerprint density at radius 2 is 2.18 bits per heavy atom. The first-order chi connectivity index (χ1) is 10.6. The number of halogens is 1. The number of benzene rings is 1. The van der Waals surface area contributed by atoms with E-state index in [9.17, 15) is 9.90 Å². The van der Waals surface area contributed by atoms with E-state index in [-0.39, 0.29) is 12.5 Å². The highest BCUT2D eigenvalue weighted by Gasteiger charge is 2.33. The van der Waals surface area contributed by atoms with Crippen LogP contribution in [0.3, 0.4) is 0 Å². The topological polar surface area (TPSA) is 74.4 Å². The highest BCUT2D eigenvalue weighted by molar-refractivity contribution is 9.10. The number of aliphatic hydroxyl groups excluding tert-OH is 1. The van der Waals surface area contributed by atoms with Crippen molar-refractivity contribution in [1.82, 2.24) is 10.3 Å².